The summed E-state index contributed by atoms with van der Waals surface area (Å²) in [6.45, 7) is 9.18. The van der Waals surface area contributed by atoms with Crippen LogP contribution in [0.15, 0.2) is 29.3 Å². The lowest BCUT2D eigenvalue weighted by atomic mass is 10.2. The average Bonchev–Trinajstić information content (AvgIpc) is 2.69. The third-order valence-corrected chi connectivity index (χ3v) is 4.63. The summed E-state index contributed by atoms with van der Waals surface area (Å²) in [5.74, 6) is 1.58. The van der Waals surface area contributed by atoms with Crippen LogP contribution in [-0.2, 0) is 9.47 Å². The van der Waals surface area contributed by atoms with Crippen molar-refractivity contribution in [1.82, 2.24) is 10.2 Å². The molecule has 0 amide bonds. The van der Waals surface area contributed by atoms with Crippen LogP contribution in [0, 0.1) is 0 Å². The maximum absolute atomic E-state index is 5.75. The Labute approximate surface area is 186 Å². The number of aliphatic imine (C=N–C) groups is 1. The van der Waals surface area contributed by atoms with Gasteiger partial charge >= 0.3 is 0 Å². The van der Waals surface area contributed by atoms with Gasteiger partial charge in [-0.15, -0.1) is 24.0 Å². The predicted octanol–water partition coefficient (Wildman–Crippen LogP) is 2.82. The van der Waals surface area contributed by atoms with Crippen LogP contribution in [0.4, 0.5) is 5.69 Å². The smallest absolute Gasteiger partial charge is 0.195 e. The molecule has 0 aliphatic carbocycles. The molecular formula is C20H35IN4O3. The molecule has 1 aromatic rings. The van der Waals surface area contributed by atoms with Gasteiger partial charge in [0, 0.05) is 64.1 Å². The van der Waals surface area contributed by atoms with E-state index in [9.17, 15) is 0 Å². The van der Waals surface area contributed by atoms with Crippen molar-refractivity contribution in [2.24, 2.45) is 4.99 Å². The quantitative estimate of drug-likeness (QED) is 0.233. The Kier molecular flexibility index (Phi) is 12.4. The highest BCUT2D eigenvalue weighted by Crippen LogP contribution is 2.17. The fourth-order valence-electron chi connectivity index (χ4n) is 3.13. The van der Waals surface area contributed by atoms with Crippen molar-refractivity contribution in [1.29, 1.82) is 0 Å². The summed E-state index contributed by atoms with van der Waals surface area (Å²) < 4.78 is 16.3. The maximum atomic E-state index is 5.75. The number of methoxy groups -OCH3 is 1. The van der Waals surface area contributed by atoms with Gasteiger partial charge in [0.2, 0.25) is 0 Å². The molecule has 0 bridgehead atoms. The maximum Gasteiger partial charge on any atom is 0.195 e. The van der Waals surface area contributed by atoms with E-state index in [4.69, 9.17) is 14.2 Å². The first-order valence-corrected chi connectivity index (χ1v) is 9.67. The Morgan fingerprint density at radius 1 is 1.39 bits per heavy atom. The van der Waals surface area contributed by atoms with Gasteiger partial charge in [0.15, 0.2) is 5.96 Å². The van der Waals surface area contributed by atoms with Crippen LogP contribution < -0.4 is 15.4 Å². The molecule has 8 heteroatoms. The second-order valence-corrected chi connectivity index (χ2v) is 6.81. The molecule has 1 saturated heterocycles. The van der Waals surface area contributed by atoms with Crippen molar-refractivity contribution >= 4 is 35.6 Å². The summed E-state index contributed by atoms with van der Waals surface area (Å²) in [5, 5.41) is 6.75. The molecule has 0 radical (unpaired) electrons. The Morgan fingerprint density at radius 3 is 2.93 bits per heavy atom. The summed E-state index contributed by atoms with van der Waals surface area (Å²) in [4.78, 5) is 6.80. The van der Waals surface area contributed by atoms with Crippen molar-refractivity contribution in [2.45, 2.75) is 32.4 Å². The summed E-state index contributed by atoms with van der Waals surface area (Å²) in [6, 6.07) is 8.75. The monoisotopic (exact) mass is 506 g/mol. The minimum atomic E-state index is 0. The van der Waals surface area contributed by atoms with E-state index < -0.39 is 0 Å². The van der Waals surface area contributed by atoms with E-state index in [-0.39, 0.29) is 24.0 Å². The molecule has 1 aliphatic rings. The molecule has 1 fully saturated rings. The van der Waals surface area contributed by atoms with Gasteiger partial charge in [-0.05, 0) is 26.0 Å². The zero-order valence-electron chi connectivity index (χ0n) is 17.4. The molecule has 2 rings (SSSR count). The second-order valence-electron chi connectivity index (χ2n) is 6.81. The first kappa shape index (κ1) is 24.9. The summed E-state index contributed by atoms with van der Waals surface area (Å²) in [6.07, 6.45) is 0.870. The van der Waals surface area contributed by atoms with Gasteiger partial charge in [-0.1, -0.05) is 6.07 Å². The van der Waals surface area contributed by atoms with Gasteiger partial charge in [0.05, 0.1) is 19.8 Å². The number of benzene rings is 1. The highest BCUT2D eigenvalue weighted by molar-refractivity contribution is 14.0. The zero-order valence-corrected chi connectivity index (χ0v) is 19.8. The van der Waals surface area contributed by atoms with Gasteiger partial charge < -0.3 is 24.8 Å². The number of halogens is 1. The van der Waals surface area contributed by atoms with Gasteiger partial charge in [-0.3, -0.25) is 9.89 Å². The van der Waals surface area contributed by atoms with Crippen LogP contribution >= 0.6 is 24.0 Å². The topological polar surface area (TPSA) is 67.4 Å². The Hall–Kier alpha value is -1.10. The molecule has 160 valence electrons. The van der Waals surface area contributed by atoms with Crippen molar-refractivity contribution < 1.29 is 14.2 Å². The number of nitrogens with zero attached hydrogens (tertiary/aromatic N) is 2. The number of anilines is 1. The van der Waals surface area contributed by atoms with Crippen molar-refractivity contribution in [2.75, 3.05) is 59.0 Å². The fraction of sp³-hybridized carbons (Fsp3) is 0.650. The van der Waals surface area contributed by atoms with Crippen LogP contribution in [-0.4, -0.2) is 76.6 Å². The lowest BCUT2D eigenvalue weighted by molar-refractivity contribution is -0.0173. The Morgan fingerprint density at radius 2 is 2.21 bits per heavy atom. The predicted molar refractivity (Wildman–Crippen MR) is 125 cm³/mol. The van der Waals surface area contributed by atoms with Gasteiger partial charge in [0.1, 0.15) is 5.75 Å². The molecule has 0 saturated carbocycles. The molecule has 1 heterocycles. The molecule has 2 atom stereocenters. The number of hydrogen-bond donors (Lipinski definition) is 2. The molecular weight excluding hydrogens is 471 g/mol. The summed E-state index contributed by atoms with van der Waals surface area (Å²) in [7, 11) is 3.48. The molecule has 0 aromatic heterocycles. The number of nitrogens with one attached hydrogen (secondary N) is 2. The number of guanidine groups is 1. The van der Waals surface area contributed by atoms with E-state index in [1.807, 2.05) is 24.3 Å². The molecule has 2 unspecified atom stereocenters. The number of rotatable bonds is 9. The SMILES string of the molecule is CN=C(NCC(C)N1CCOCC1C)Nc1cccc(OCCCOC)c1.I. The average molecular weight is 506 g/mol. The largest absolute Gasteiger partial charge is 0.493 e. The zero-order chi connectivity index (χ0) is 19.5. The lowest BCUT2D eigenvalue weighted by Crippen LogP contribution is -2.52. The third-order valence-electron chi connectivity index (χ3n) is 4.63. The van der Waals surface area contributed by atoms with Crippen LogP contribution in [0.25, 0.3) is 0 Å². The molecule has 28 heavy (non-hydrogen) atoms. The fourth-order valence-corrected chi connectivity index (χ4v) is 3.13. The molecule has 0 spiro atoms. The molecule has 1 aliphatic heterocycles. The van der Waals surface area contributed by atoms with Crippen LogP contribution in [0.2, 0.25) is 0 Å². The third kappa shape index (κ3) is 8.50. The highest BCUT2D eigenvalue weighted by atomic mass is 127. The normalized spacial score (nSPS) is 18.9. The Bertz CT molecular complexity index is 588. The summed E-state index contributed by atoms with van der Waals surface area (Å²) in [5.41, 5.74) is 0.944. The van der Waals surface area contributed by atoms with E-state index in [1.54, 1.807) is 14.2 Å². The standard InChI is InChI=1S/C20H34N4O3.HI/c1-16(24-9-12-26-15-17(24)2)14-22-20(21-3)23-18-7-5-8-19(13-18)27-11-6-10-25-4;/h5,7-8,13,16-17H,6,9-12,14-15H2,1-4H3,(H2,21,22,23);1H. The number of ether oxygens (including phenoxy) is 3. The van der Waals surface area contributed by atoms with E-state index in [0.717, 1.165) is 50.1 Å². The second kappa shape index (κ2) is 14.0. The first-order chi connectivity index (χ1) is 13.1. The first-order valence-electron chi connectivity index (χ1n) is 9.67. The molecule has 7 nitrogen and oxygen atoms in total. The number of hydrogen-bond acceptors (Lipinski definition) is 5. The lowest BCUT2D eigenvalue weighted by Gasteiger charge is -2.38. The molecule has 1 aromatic carbocycles. The number of morpholine rings is 1. The van der Waals surface area contributed by atoms with Crippen LogP contribution in [0.3, 0.4) is 0 Å². The minimum Gasteiger partial charge on any atom is -0.493 e. The minimum absolute atomic E-state index is 0. The van der Waals surface area contributed by atoms with Gasteiger partial charge in [-0.25, -0.2) is 0 Å². The van der Waals surface area contributed by atoms with Crippen LogP contribution in [0.5, 0.6) is 5.75 Å². The van der Waals surface area contributed by atoms with Crippen molar-refractivity contribution in [3.8, 4) is 5.75 Å². The van der Waals surface area contributed by atoms with E-state index in [1.165, 1.54) is 0 Å². The Balaban J connectivity index is 0.00000392. The summed E-state index contributed by atoms with van der Waals surface area (Å²) >= 11 is 0. The molecule has 2 N–H and O–H groups in total. The van der Waals surface area contributed by atoms with E-state index in [2.05, 4.69) is 34.4 Å². The van der Waals surface area contributed by atoms with E-state index >= 15 is 0 Å². The van der Waals surface area contributed by atoms with Crippen LogP contribution in [0.1, 0.15) is 20.3 Å². The van der Waals surface area contributed by atoms with Crippen molar-refractivity contribution in [3.63, 3.8) is 0 Å². The van der Waals surface area contributed by atoms with Crippen molar-refractivity contribution in [3.05, 3.63) is 24.3 Å². The van der Waals surface area contributed by atoms with E-state index in [0.29, 0.717) is 25.3 Å². The highest BCUT2D eigenvalue weighted by Gasteiger charge is 2.23. The van der Waals surface area contributed by atoms with Gasteiger partial charge in [0.25, 0.3) is 0 Å². The van der Waals surface area contributed by atoms with Gasteiger partial charge in [-0.2, -0.15) is 0 Å².